The zero-order chi connectivity index (χ0) is 14.9. The number of anilines is 1. The van der Waals surface area contributed by atoms with Crippen molar-refractivity contribution in [1.29, 1.82) is 0 Å². The molecule has 1 aliphatic rings. The van der Waals surface area contributed by atoms with Crippen LogP contribution in [0.2, 0.25) is 0 Å². The minimum Gasteiger partial charge on any atom is -0.382 e. The zero-order valence-corrected chi connectivity index (χ0v) is 13.9. The fourth-order valence-electron chi connectivity index (χ4n) is 2.44. The molecule has 0 aromatic carbocycles. The monoisotopic (exact) mass is 310 g/mol. The van der Waals surface area contributed by atoms with Crippen LogP contribution in [0.3, 0.4) is 0 Å². The SMILES string of the molecule is CCOCCCNC(=NC)N1CCN(c2cccs2)CC1. The van der Waals surface area contributed by atoms with Crippen LogP contribution in [0.15, 0.2) is 22.5 Å². The van der Waals surface area contributed by atoms with Gasteiger partial charge in [-0.3, -0.25) is 4.99 Å². The van der Waals surface area contributed by atoms with Crippen molar-refractivity contribution in [1.82, 2.24) is 10.2 Å². The number of rotatable bonds is 6. The van der Waals surface area contributed by atoms with Gasteiger partial charge in [-0.25, -0.2) is 0 Å². The van der Waals surface area contributed by atoms with Gasteiger partial charge in [0.2, 0.25) is 0 Å². The van der Waals surface area contributed by atoms with Crippen molar-refractivity contribution < 1.29 is 4.74 Å². The van der Waals surface area contributed by atoms with Crippen molar-refractivity contribution in [3.8, 4) is 0 Å². The summed E-state index contributed by atoms with van der Waals surface area (Å²) < 4.78 is 5.35. The maximum Gasteiger partial charge on any atom is 0.193 e. The number of nitrogens with zero attached hydrogens (tertiary/aromatic N) is 3. The number of ether oxygens (including phenoxy) is 1. The van der Waals surface area contributed by atoms with Crippen molar-refractivity contribution in [3.05, 3.63) is 17.5 Å². The average Bonchev–Trinajstić information content (AvgIpc) is 3.06. The molecule has 1 N–H and O–H groups in total. The van der Waals surface area contributed by atoms with E-state index in [0.717, 1.165) is 58.3 Å². The Morgan fingerprint density at radius 2 is 2.19 bits per heavy atom. The second-order valence-electron chi connectivity index (χ2n) is 4.95. The number of piperazine rings is 1. The zero-order valence-electron chi connectivity index (χ0n) is 13.0. The minimum absolute atomic E-state index is 0.791. The van der Waals surface area contributed by atoms with Crippen LogP contribution in [-0.4, -0.2) is 63.8 Å². The van der Waals surface area contributed by atoms with Crippen molar-refractivity contribution in [2.45, 2.75) is 13.3 Å². The fourth-order valence-corrected chi connectivity index (χ4v) is 3.22. The molecule has 5 nitrogen and oxygen atoms in total. The summed E-state index contributed by atoms with van der Waals surface area (Å²) in [4.78, 5) is 9.18. The Morgan fingerprint density at radius 3 is 2.81 bits per heavy atom. The van der Waals surface area contributed by atoms with Crippen molar-refractivity contribution in [2.24, 2.45) is 4.99 Å². The van der Waals surface area contributed by atoms with E-state index in [1.807, 2.05) is 25.3 Å². The lowest BCUT2D eigenvalue weighted by molar-refractivity contribution is 0.145. The van der Waals surface area contributed by atoms with Crippen molar-refractivity contribution in [2.75, 3.05) is 57.9 Å². The van der Waals surface area contributed by atoms with Gasteiger partial charge in [0.1, 0.15) is 0 Å². The van der Waals surface area contributed by atoms with Crippen LogP contribution in [0.1, 0.15) is 13.3 Å². The lowest BCUT2D eigenvalue weighted by atomic mass is 10.3. The van der Waals surface area contributed by atoms with E-state index in [9.17, 15) is 0 Å². The molecule has 0 aliphatic carbocycles. The standard InChI is InChI=1S/C15H26N4OS/c1-3-20-12-5-7-17-15(16-2)19-10-8-18(9-11-19)14-6-4-13-21-14/h4,6,13H,3,5,7-12H2,1-2H3,(H,16,17). The molecule has 1 aromatic rings. The summed E-state index contributed by atoms with van der Waals surface area (Å²) in [5.74, 6) is 1.01. The van der Waals surface area contributed by atoms with Crippen molar-refractivity contribution in [3.63, 3.8) is 0 Å². The fraction of sp³-hybridized carbons (Fsp3) is 0.667. The largest absolute Gasteiger partial charge is 0.382 e. The van der Waals surface area contributed by atoms with Gasteiger partial charge < -0.3 is 19.9 Å². The number of hydrogen-bond acceptors (Lipinski definition) is 4. The van der Waals surface area contributed by atoms with E-state index in [4.69, 9.17) is 4.74 Å². The highest BCUT2D eigenvalue weighted by Gasteiger charge is 2.19. The van der Waals surface area contributed by atoms with E-state index in [2.05, 4.69) is 37.6 Å². The van der Waals surface area contributed by atoms with Gasteiger partial charge in [-0.2, -0.15) is 0 Å². The van der Waals surface area contributed by atoms with Crippen LogP contribution in [0.4, 0.5) is 5.00 Å². The van der Waals surface area contributed by atoms with Gasteiger partial charge in [0.25, 0.3) is 0 Å². The predicted octanol–water partition coefficient (Wildman–Crippen LogP) is 1.87. The Balaban J connectivity index is 1.72. The molecule has 1 fully saturated rings. The minimum atomic E-state index is 0.791. The molecule has 0 radical (unpaired) electrons. The van der Waals surface area contributed by atoms with Gasteiger partial charge in [-0.05, 0) is 30.9 Å². The van der Waals surface area contributed by atoms with Crippen LogP contribution >= 0.6 is 11.3 Å². The first-order valence-corrected chi connectivity index (χ1v) is 8.55. The summed E-state index contributed by atoms with van der Waals surface area (Å²) in [6.07, 6.45) is 1.02. The molecule has 0 spiro atoms. The maximum absolute atomic E-state index is 5.35. The second kappa shape index (κ2) is 8.89. The summed E-state index contributed by atoms with van der Waals surface area (Å²) in [6, 6.07) is 4.31. The molecule has 2 heterocycles. The Morgan fingerprint density at radius 1 is 1.38 bits per heavy atom. The molecule has 1 aromatic heterocycles. The van der Waals surface area contributed by atoms with E-state index >= 15 is 0 Å². The average molecular weight is 310 g/mol. The summed E-state index contributed by atoms with van der Waals surface area (Å²) in [7, 11) is 1.86. The predicted molar refractivity (Wildman–Crippen MR) is 90.6 cm³/mol. The summed E-state index contributed by atoms with van der Waals surface area (Å²) >= 11 is 1.81. The van der Waals surface area contributed by atoms with E-state index in [1.54, 1.807) is 0 Å². The van der Waals surface area contributed by atoms with Gasteiger partial charge in [0.05, 0.1) is 5.00 Å². The molecular formula is C15H26N4OS. The normalized spacial score (nSPS) is 16.4. The number of guanidine groups is 1. The highest BCUT2D eigenvalue weighted by molar-refractivity contribution is 7.14. The van der Waals surface area contributed by atoms with Crippen LogP contribution in [-0.2, 0) is 4.74 Å². The van der Waals surface area contributed by atoms with Crippen LogP contribution in [0.25, 0.3) is 0 Å². The van der Waals surface area contributed by atoms with E-state index < -0.39 is 0 Å². The molecule has 0 atom stereocenters. The number of nitrogens with one attached hydrogen (secondary N) is 1. The molecule has 0 unspecified atom stereocenters. The highest BCUT2D eigenvalue weighted by atomic mass is 32.1. The summed E-state index contributed by atoms with van der Waals surface area (Å²) in [5.41, 5.74) is 0. The first-order valence-electron chi connectivity index (χ1n) is 7.67. The molecule has 0 saturated carbocycles. The maximum atomic E-state index is 5.35. The molecule has 6 heteroatoms. The van der Waals surface area contributed by atoms with Crippen LogP contribution in [0.5, 0.6) is 0 Å². The van der Waals surface area contributed by atoms with Gasteiger partial charge in [-0.15, -0.1) is 11.3 Å². The second-order valence-corrected chi connectivity index (χ2v) is 5.88. The topological polar surface area (TPSA) is 40.1 Å². The van der Waals surface area contributed by atoms with Gasteiger partial charge in [0, 0.05) is 53.0 Å². The van der Waals surface area contributed by atoms with E-state index in [1.165, 1.54) is 5.00 Å². The molecule has 118 valence electrons. The number of aliphatic imine (C=N–C) groups is 1. The Labute approximate surface area is 131 Å². The Bertz CT molecular complexity index is 413. The van der Waals surface area contributed by atoms with Gasteiger partial charge in [-0.1, -0.05) is 0 Å². The molecule has 0 amide bonds. The first-order chi connectivity index (χ1) is 10.3. The van der Waals surface area contributed by atoms with Gasteiger partial charge >= 0.3 is 0 Å². The Kier molecular flexibility index (Phi) is 6.82. The quantitative estimate of drug-likeness (QED) is 0.495. The molecule has 1 saturated heterocycles. The third-order valence-electron chi connectivity index (χ3n) is 3.56. The lowest BCUT2D eigenvalue weighted by Crippen LogP contribution is -2.52. The molecule has 0 bridgehead atoms. The lowest BCUT2D eigenvalue weighted by Gasteiger charge is -2.37. The van der Waals surface area contributed by atoms with E-state index in [0.29, 0.717) is 0 Å². The molecular weight excluding hydrogens is 284 g/mol. The third kappa shape index (κ3) is 4.89. The molecule has 1 aliphatic heterocycles. The van der Waals surface area contributed by atoms with Crippen LogP contribution < -0.4 is 10.2 Å². The van der Waals surface area contributed by atoms with Crippen LogP contribution in [0, 0.1) is 0 Å². The highest BCUT2D eigenvalue weighted by Crippen LogP contribution is 2.22. The summed E-state index contributed by atoms with van der Waals surface area (Å²) in [6.45, 7) is 8.69. The summed E-state index contributed by atoms with van der Waals surface area (Å²) in [5, 5.41) is 6.94. The van der Waals surface area contributed by atoms with Gasteiger partial charge in [0.15, 0.2) is 5.96 Å². The molecule has 2 rings (SSSR count). The molecule has 21 heavy (non-hydrogen) atoms. The van der Waals surface area contributed by atoms with E-state index in [-0.39, 0.29) is 0 Å². The first kappa shape index (κ1) is 16.1. The smallest absolute Gasteiger partial charge is 0.193 e. The number of hydrogen-bond donors (Lipinski definition) is 1. The Hall–Kier alpha value is -1.27. The van der Waals surface area contributed by atoms with Crippen molar-refractivity contribution >= 4 is 22.3 Å². The third-order valence-corrected chi connectivity index (χ3v) is 4.49. The number of thiophene rings is 1.